The van der Waals surface area contributed by atoms with Crippen molar-refractivity contribution in [2.45, 2.75) is 39.2 Å². The first kappa shape index (κ1) is 13.3. The summed E-state index contributed by atoms with van der Waals surface area (Å²) in [6, 6.07) is 5.86. The first-order chi connectivity index (χ1) is 8.72. The van der Waals surface area contributed by atoms with Crippen LogP contribution in [0.3, 0.4) is 0 Å². The molecule has 0 aromatic heterocycles. The van der Waals surface area contributed by atoms with E-state index in [1.165, 1.54) is 19.3 Å². The summed E-state index contributed by atoms with van der Waals surface area (Å²) in [4.78, 5) is 2.17. The average molecular weight is 250 g/mol. The molecular weight excluding hydrogens is 227 g/mol. The van der Waals surface area contributed by atoms with E-state index in [4.69, 9.17) is 0 Å². The van der Waals surface area contributed by atoms with Gasteiger partial charge in [0.2, 0.25) is 0 Å². The van der Waals surface area contributed by atoms with Crippen LogP contribution in [0.25, 0.3) is 0 Å². The summed E-state index contributed by atoms with van der Waals surface area (Å²) in [5.74, 6) is -0.0841. The number of rotatable bonds is 4. The lowest BCUT2D eigenvalue weighted by Gasteiger charge is -2.29. The quantitative estimate of drug-likeness (QED) is 0.880. The summed E-state index contributed by atoms with van der Waals surface area (Å²) in [7, 11) is 0. The summed E-state index contributed by atoms with van der Waals surface area (Å²) in [6.07, 6.45) is 3.62. The van der Waals surface area contributed by atoms with Gasteiger partial charge in [-0.25, -0.2) is 4.39 Å². The van der Waals surface area contributed by atoms with Gasteiger partial charge in [0.05, 0.1) is 5.69 Å². The first-order valence-corrected chi connectivity index (χ1v) is 7.00. The lowest BCUT2D eigenvalue weighted by molar-refractivity contribution is 0.551. The second-order valence-corrected chi connectivity index (χ2v) is 5.04. The van der Waals surface area contributed by atoms with Gasteiger partial charge in [0.1, 0.15) is 5.82 Å². The maximum Gasteiger partial charge on any atom is 0.146 e. The van der Waals surface area contributed by atoms with Gasteiger partial charge in [-0.2, -0.15) is 0 Å². The summed E-state index contributed by atoms with van der Waals surface area (Å²) in [5, 5.41) is 3.31. The third-order valence-corrected chi connectivity index (χ3v) is 3.68. The zero-order chi connectivity index (χ0) is 13.0. The van der Waals surface area contributed by atoms with Crippen LogP contribution < -0.4 is 10.2 Å². The van der Waals surface area contributed by atoms with Crippen molar-refractivity contribution in [1.29, 1.82) is 0 Å². The predicted octanol–water partition coefficient (Wildman–Crippen LogP) is 3.49. The van der Waals surface area contributed by atoms with Crippen LogP contribution in [0.4, 0.5) is 10.1 Å². The highest BCUT2D eigenvalue weighted by Gasteiger charge is 2.15. The summed E-state index contributed by atoms with van der Waals surface area (Å²) < 4.78 is 14.2. The lowest BCUT2D eigenvalue weighted by Crippen LogP contribution is -2.30. The van der Waals surface area contributed by atoms with Crippen LogP contribution in [-0.2, 0) is 0 Å². The minimum Gasteiger partial charge on any atom is -0.369 e. The van der Waals surface area contributed by atoms with Gasteiger partial charge in [-0.1, -0.05) is 13.0 Å². The maximum absolute atomic E-state index is 14.2. The second-order valence-electron chi connectivity index (χ2n) is 5.04. The van der Waals surface area contributed by atoms with Crippen LogP contribution in [-0.4, -0.2) is 19.6 Å². The molecule has 0 amide bonds. The number of nitrogens with one attached hydrogen (secondary N) is 1. The van der Waals surface area contributed by atoms with Crippen LogP contribution >= 0.6 is 0 Å². The third kappa shape index (κ3) is 3.02. The average Bonchev–Trinajstić information content (AvgIpc) is 2.40. The minimum absolute atomic E-state index is 0.0841. The lowest BCUT2D eigenvalue weighted by atomic mass is 10.1. The Kier molecular flexibility index (Phi) is 4.59. The molecule has 0 spiro atoms. The van der Waals surface area contributed by atoms with E-state index in [2.05, 4.69) is 24.1 Å². The standard InChI is InChI=1S/C15H23FN2/c1-3-17-12(2)13-7-8-15(14(16)11-13)18-9-5-4-6-10-18/h7-8,11-12,17H,3-6,9-10H2,1-2H3. The molecule has 3 heteroatoms. The number of nitrogens with zero attached hydrogens (tertiary/aromatic N) is 1. The molecule has 1 N–H and O–H groups in total. The third-order valence-electron chi connectivity index (χ3n) is 3.68. The molecule has 1 saturated heterocycles. The number of benzene rings is 1. The van der Waals surface area contributed by atoms with Crippen molar-refractivity contribution in [2.75, 3.05) is 24.5 Å². The molecule has 0 saturated carbocycles. The summed E-state index contributed by atoms with van der Waals surface area (Å²) >= 11 is 0. The Hall–Kier alpha value is -1.09. The highest BCUT2D eigenvalue weighted by molar-refractivity contribution is 5.49. The molecule has 0 bridgehead atoms. The molecule has 1 unspecified atom stereocenters. The van der Waals surface area contributed by atoms with Crippen molar-refractivity contribution in [1.82, 2.24) is 5.32 Å². The normalized spacial score (nSPS) is 17.8. The Morgan fingerprint density at radius 1 is 1.28 bits per heavy atom. The fourth-order valence-corrected chi connectivity index (χ4v) is 2.61. The van der Waals surface area contributed by atoms with Crippen LogP contribution in [0.1, 0.15) is 44.7 Å². The molecule has 1 aromatic rings. The monoisotopic (exact) mass is 250 g/mol. The van der Waals surface area contributed by atoms with Gasteiger partial charge in [0.25, 0.3) is 0 Å². The smallest absolute Gasteiger partial charge is 0.146 e. The molecular formula is C15H23FN2. The van der Waals surface area contributed by atoms with Crippen molar-refractivity contribution in [2.24, 2.45) is 0 Å². The molecule has 0 aliphatic carbocycles. The fourth-order valence-electron chi connectivity index (χ4n) is 2.61. The van der Waals surface area contributed by atoms with Crippen LogP contribution in [0.2, 0.25) is 0 Å². The van der Waals surface area contributed by atoms with E-state index in [1.54, 1.807) is 6.07 Å². The number of piperidine rings is 1. The molecule has 1 atom stereocenters. The van der Waals surface area contributed by atoms with E-state index in [9.17, 15) is 4.39 Å². The van der Waals surface area contributed by atoms with Gasteiger partial charge in [-0.3, -0.25) is 0 Å². The van der Waals surface area contributed by atoms with Gasteiger partial charge >= 0.3 is 0 Å². The Morgan fingerprint density at radius 3 is 2.61 bits per heavy atom. The highest BCUT2D eigenvalue weighted by Crippen LogP contribution is 2.25. The van der Waals surface area contributed by atoms with Gasteiger partial charge in [-0.05, 0) is 50.4 Å². The molecule has 2 rings (SSSR count). The SMILES string of the molecule is CCNC(C)c1ccc(N2CCCCC2)c(F)c1. The molecule has 1 aliphatic rings. The molecule has 2 nitrogen and oxygen atoms in total. The van der Waals surface area contributed by atoms with E-state index in [0.29, 0.717) is 0 Å². The predicted molar refractivity (Wildman–Crippen MR) is 74.6 cm³/mol. The molecule has 1 fully saturated rings. The van der Waals surface area contributed by atoms with E-state index >= 15 is 0 Å². The number of anilines is 1. The molecule has 1 aromatic carbocycles. The first-order valence-electron chi connectivity index (χ1n) is 7.00. The van der Waals surface area contributed by atoms with E-state index in [0.717, 1.165) is 30.9 Å². The van der Waals surface area contributed by atoms with Gasteiger partial charge in [0, 0.05) is 19.1 Å². The van der Waals surface area contributed by atoms with Crippen molar-refractivity contribution >= 4 is 5.69 Å². The van der Waals surface area contributed by atoms with Crippen molar-refractivity contribution in [3.05, 3.63) is 29.6 Å². The zero-order valence-electron chi connectivity index (χ0n) is 11.4. The Balaban J connectivity index is 2.13. The molecule has 1 aliphatic heterocycles. The van der Waals surface area contributed by atoms with E-state index in [-0.39, 0.29) is 11.9 Å². The molecule has 1 heterocycles. The molecule has 0 radical (unpaired) electrons. The second kappa shape index (κ2) is 6.19. The largest absolute Gasteiger partial charge is 0.369 e. The number of halogens is 1. The van der Waals surface area contributed by atoms with Crippen molar-refractivity contribution < 1.29 is 4.39 Å². The molecule has 18 heavy (non-hydrogen) atoms. The van der Waals surface area contributed by atoms with Crippen molar-refractivity contribution in [3.8, 4) is 0 Å². The van der Waals surface area contributed by atoms with Gasteiger partial charge < -0.3 is 10.2 Å². The summed E-state index contributed by atoms with van der Waals surface area (Å²) in [5.41, 5.74) is 1.79. The Bertz CT molecular complexity index is 386. The maximum atomic E-state index is 14.2. The zero-order valence-corrected chi connectivity index (χ0v) is 11.4. The molecule has 100 valence electrons. The van der Waals surface area contributed by atoms with Crippen molar-refractivity contribution in [3.63, 3.8) is 0 Å². The number of hydrogen-bond donors (Lipinski definition) is 1. The highest BCUT2D eigenvalue weighted by atomic mass is 19.1. The van der Waals surface area contributed by atoms with Gasteiger partial charge in [-0.15, -0.1) is 0 Å². The van der Waals surface area contributed by atoms with Crippen LogP contribution in [0, 0.1) is 5.82 Å². The van der Waals surface area contributed by atoms with E-state index in [1.807, 2.05) is 12.1 Å². The Labute approximate surface area is 109 Å². The fraction of sp³-hybridized carbons (Fsp3) is 0.600. The summed E-state index contributed by atoms with van der Waals surface area (Å²) in [6.45, 7) is 7.00. The van der Waals surface area contributed by atoms with Crippen LogP contribution in [0.5, 0.6) is 0 Å². The van der Waals surface area contributed by atoms with Gasteiger partial charge in [0.15, 0.2) is 0 Å². The van der Waals surface area contributed by atoms with E-state index < -0.39 is 0 Å². The Morgan fingerprint density at radius 2 is 2.00 bits per heavy atom. The number of hydrogen-bond acceptors (Lipinski definition) is 2. The minimum atomic E-state index is -0.0841. The van der Waals surface area contributed by atoms with Crippen LogP contribution in [0.15, 0.2) is 18.2 Å². The topological polar surface area (TPSA) is 15.3 Å².